The summed E-state index contributed by atoms with van der Waals surface area (Å²) in [6.45, 7) is 0. The normalized spacial score (nSPS) is 11.8. The Morgan fingerprint density at radius 2 is 1.62 bits per heavy atom. The van der Waals surface area contributed by atoms with Crippen LogP contribution in [-0.4, -0.2) is 0 Å². The molecule has 1 aromatic carbocycles. The van der Waals surface area contributed by atoms with E-state index in [0.717, 1.165) is 12.1 Å². The van der Waals surface area contributed by atoms with Crippen LogP contribution in [0.4, 0.5) is 17.6 Å². The van der Waals surface area contributed by atoms with Gasteiger partial charge in [0.25, 0.3) is 0 Å². The summed E-state index contributed by atoms with van der Waals surface area (Å²) >= 11 is 10.3. The van der Waals surface area contributed by atoms with E-state index >= 15 is 0 Å². The molecule has 0 unspecified atom stereocenters. The molecular formula is C7H2Cl2F4. The van der Waals surface area contributed by atoms with Crippen molar-refractivity contribution in [2.75, 3.05) is 0 Å². The average molecular weight is 233 g/mol. The van der Waals surface area contributed by atoms with Gasteiger partial charge in [0.1, 0.15) is 5.82 Å². The van der Waals surface area contributed by atoms with Gasteiger partial charge in [0.2, 0.25) is 0 Å². The highest BCUT2D eigenvalue weighted by Crippen LogP contribution is 2.40. The van der Waals surface area contributed by atoms with Gasteiger partial charge >= 0.3 is 6.18 Å². The van der Waals surface area contributed by atoms with Crippen molar-refractivity contribution in [3.63, 3.8) is 0 Å². The van der Waals surface area contributed by atoms with Crippen LogP contribution in [0.15, 0.2) is 12.1 Å². The van der Waals surface area contributed by atoms with Gasteiger partial charge in [0.15, 0.2) is 0 Å². The van der Waals surface area contributed by atoms with Gasteiger partial charge in [-0.3, -0.25) is 0 Å². The zero-order valence-electron chi connectivity index (χ0n) is 5.92. The van der Waals surface area contributed by atoms with Crippen molar-refractivity contribution in [1.82, 2.24) is 0 Å². The van der Waals surface area contributed by atoms with Crippen LogP contribution in [0.1, 0.15) is 5.56 Å². The second kappa shape index (κ2) is 3.35. The number of halogens is 6. The summed E-state index contributed by atoms with van der Waals surface area (Å²) in [7, 11) is 0. The van der Waals surface area contributed by atoms with E-state index in [1.807, 2.05) is 0 Å². The molecule has 0 aliphatic rings. The molecule has 0 aliphatic heterocycles. The molecule has 0 saturated heterocycles. The lowest BCUT2D eigenvalue weighted by Crippen LogP contribution is -2.07. The summed E-state index contributed by atoms with van der Waals surface area (Å²) < 4.78 is 49.1. The second-order valence-corrected chi connectivity index (χ2v) is 3.00. The molecule has 0 aliphatic carbocycles. The van der Waals surface area contributed by atoms with Gasteiger partial charge in [-0.15, -0.1) is 0 Å². The topological polar surface area (TPSA) is 0 Å². The summed E-state index contributed by atoms with van der Waals surface area (Å²) in [5, 5.41) is -1.61. The lowest BCUT2D eigenvalue weighted by Gasteiger charge is -2.10. The molecule has 0 nitrogen and oxygen atoms in total. The maximum absolute atomic E-state index is 12.6. The van der Waals surface area contributed by atoms with Crippen LogP contribution in [0.5, 0.6) is 0 Å². The van der Waals surface area contributed by atoms with Gasteiger partial charge in [0.05, 0.1) is 15.6 Å². The summed E-state index contributed by atoms with van der Waals surface area (Å²) in [4.78, 5) is 0. The van der Waals surface area contributed by atoms with Gasteiger partial charge in [0, 0.05) is 0 Å². The van der Waals surface area contributed by atoms with Gasteiger partial charge in [-0.25, -0.2) is 4.39 Å². The minimum atomic E-state index is -4.74. The van der Waals surface area contributed by atoms with Crippen LogP contribution in [0.25, 0.3) is 0 Å². The van der Waals surface area contributed by atoms with E-state index in [4.69, 9.17) is 23.2 Å². The smallest absolute Gasteiger partial charge is 0.205 e. The van der Waals surface area contributed by atoms with Crippen LogP contribution in [0, 0.1) is 5.82 Å². The number of rotatable bonds is 0. The Bertz CT molecular complexity index is 332. The van der Waals surface area contributed by atoms with Crippen molar-refractivity contribution in [2.45, 2.75) is 6.18 Å². The highest BCUT2D eigenvalue weighted by atomic mass is 35.5. The van der Waals surface area contributed by atoms with E-state index in [1.54, 1.807) is 0 Å². The number of hydrogen-bond acceptors (Lipinski definition) is 0. The van der Waals surface area contributed by atoms with Crippen molar-refractivity contribution in [2.24, 2.45) is 0 Å². The molecule has 1 rings (SSSR count). The van der Waals surface area contributed by atoms with Gasteiger partial charge in [-0.05, 0) is 12.1 Å². The third-order valence-corrected chi connectivity index (χ3v) is 2.01. The molecule has 0 amide bonds. The van der Waals surface area contributed by atoms with Gasteiger partial charge in [-0.1, -0.05) is 23.2 Å². The van der Waals surface area contributed by atoms with E-state index in [9.17, 15) is 17.6 Å². The molecule has 6 heteroatoms. The van der Waals surface area contributed by atoms with Crippen molar-refractivity contribution in [3.05, 3.63) is 33.6 Å². The first-order chi connectivity index (χ1) is 5.84. The summed E-state index contributed by atoms with van der Waals surface area (Å²) in [6, 6.07) is 1.59. The fraction of sp³-hybridized carbons (Fsp3) is 0.143. The number of hydrogen-bond donors (Lipinski definition) is 0. The van der Waals surface area contributed by atoms with Crippen molar-refractivity contribution < 1.29 is 17.6 Å². The molecule has 0 N–H and O–H groups in total. The molecular weight excluding hydrogens is 231 g/mol. The Morgan fingerprint density at radius 3 is 2.00 bits per heavy atom. The molecule has 0 aromatic heterocycles. The predicted octanol–water partition coefficient (Wildman–Crippen LogP) is 4.15. The van der Waals surface area contributed by atoms with Crippen LogP contribution < -0.4 is 0 Å². The zero-order chi connectivity index (χ0) is 10.2. The maximum atomic E-state index is 12.6. The van der Waals surface area contributed by atoms with Crippen LogP contribution in [-0.2, 0) is 6.18 Å². The SMILES string of the molecule is Fc1ccc(Cl)c(C(F)(F)F)c1Cl. The van der Waals surface area contributed by atoms with E-state index in [-0.39, 0.29) is 0 Å². The fourth-order valence-electron chi connectivity index (χ4n) is 0.787. The molecule has 1 aromatic rings. The van der Waals surface area contributed by atoms with Crippen molar-refractivity contribution in [3.8, 4) is 0 Å². The van der Waals surface area contributed by atoms with Crippen molar-refractivity contribution >= 4 is 23.2 Å². The van der Waals surface area contributed by atoms with Crippen LogP contribution >= 0.6 is 23.2 Å². The minimum absolute atomic E-state index is 0.612. The highest BCUT2D eigenvalue weighted by Gasteiger charge is 2.36. The molecule has 13 heavy (non-hydrogen) atoms. The molecule has 0 saturated carbocycles. The predicted molar refractivity (Wildman–Crippen MR) is 41.4 cm³/mol. The summed E-state index contributed by atoms with van der Waals surface area (Å²) in [6.07, 6.45) is -4.74. The monoisotopic (exact) mass is 232 g/mol. The minimum Gasteiger partial charge on any atom is -0.205 e. The second-order valence-electron chi connectivity index (χ2n) is 2.22. The lowest BCUT2D eigenvalue weighted by atomic mass is 10.2. The standard InChI is InChI=1S/C7H2Cl2F4/c8-3-1-2-4(10)6(9)5(3)7(11,12)13/h1-2H. The van der Waals surface area contributed by atoms with Crippen LogP contribution in [0.3, 0.4) is 0 Å². The Labute approximate surface area is 81.1 Å². The first-order valence-electron chi connectivity index (χ1n) is 3.04. The van der Waals surface area contributed by atoms with E-state index in [2.05, 4.69) is 0 Å². The third kappa shape index (κ3) is 2.06. The lowest BCUT2D eigenvalue weighted by molar-refractivity contribution is -0.137. The zero-order valence-corrected chi connectivity index (χ0v) is 7.43. The number of benzene rings is 1. The average Bonchev–Trinajstić information content (AvgIpc) is 1.95. The maximum Gasteiger partial charge on any atom is 0.419 e. The molecule has 0 heterocycles. The molecule has 0 fully saturated rings. The Kier molecular flexibility index (Phi) is 2.73. The number of alkyl halides is 3. The first kappa shape index (κ1) is 10.6. The quantitative estimate of drug-likeness (QED) is 0.466. The fourth-order valence-corrected chi connectivity index (χ4v) is 1.37. The molecule has 0 radical (unpaired) electrons. The van der Waals surface area contributed by atoms with E-state index in [0.29, 0.717) is 0 Å². The highest BCUT2D eigenvalue weighted by molar-refractivity contribution is 6.36. The molecule has 0 bridgehead atoms. The molecule has 0 spiro atoms. The molecule has 72 valence electrons. The van der Waals surface area contributed by atoms with Crippen LogP contribution in [0.2, 0.25) is 10.0 Å². The van der Waals surface area contributed by atoms with Crippen molar-refractivity contribution in [1.29, 1.82) is 0 Å². The third-order valence-electron chi connectivity index (χ3n) is 1.33. The summed E-state index contributed by atoms with van der Waals surface area (Å²) in [5.41, 5.74) is -1.34. The Balaban J connectivity index is 3.43. The van der Waals surface area contributed by atoms with E-state index in [1.165, 1.54) is 0 Å². The van der Waals surface area contributed by atoms with Gasteiger partial charge < -0.3 is 0 Å². The Hall–Kier alpha value is -0.480. The first-order valence-corrected chi connectivity index (χ1v) is 3.80. The largest absolute Gasteiger partial charge is 0.419 e. The van der Waals surface area contributed by atoms with Gasteiger partial charge in [-0.2, -0.15) is 13.2 Å². The van der Waals surface area contributed by atoms with E-state index < -0.39 is 27.6 Å². The summed E-state index contributed by atoms with van der Waals surface area (Å²) in [5.74, 6) is -1.14. The Morgan fingerprint density at radius 1 is 1.08 bits per heavy atom. The molecule has 0 atom stereocenters.